The van der Waals surface area contributed by atoms with Gasteiger partial charge >= 0.3 is 11.9 Å². The van der Waals surface area contributed by atoms with Crippen molar-refractivity contribution < 1.29 is 14.3 Å². The van der Waals surface area contributed by atoms with Crippen molar-refractivity contribution in [1.82, 2.24) is 0 Å². The molecule has 138 valence electrons. The minimum Gasteiger partial charge on any atom is -0.393 e. The van der Waals surface area contributed by atoms with Gasteiger partial charge in [0.1, 0.15) is 0 Å². The van der Waals surface area contributed by atoms with Crippen molar-refractivity contribution >= 4 is 11.9 Å². The molecule has 0 rings (SSSR count). The second-order valence-electron chi connectivity index (χ2n) is 6.18. The Kier molecular flexibility index (Phi) is 16.9. The van der Waals surface area contributed by atoms with Gasteiger partial charge in [-0.2, -0.15) is 0 Å². The van der Waals surface area contributed by atoms with E-state index in [1.54, 1.807) is 6.92 Å². The summed E-state index contributed by atoms with van der Waals surface area (Å²) >= 11 is 0. The SMILES string of the molecule is CCCCC/C=C\C/C=C\CCCCCCCC(=O)OC(=O)CC. The summed E-state index contributed by atoms with van der Waals surface area (Å²) in [5.41, 5.74) is 0. The van der Waals surface area contributed by atoms with Gasteiger partial charge in [-0.05, 0) is 38.5 Å². The summed E-state index contributed by atoms with van der Waals surface area (Å²) in [5, 5.41) is 0. The second kappa shape index (κ2) is 18.0. The lowest BCUT2D eigenvalue weighted by Gasteiger charge is -2.01. The van der Waals surface area contributed by atoms with Crippen molar-refractivity contribution in [3.05, 3.63) is 24.3 Å². The summed E-state index contributed by atoms with van der Waals surface area (Å²) in [4.78, 5) is 22.2. The van der Waals surface area contributed by atoms with E-state index in [9.17, 15) is 9.59 Å². The largest absolute Gasteiger partial charge is 0.393 e. The van der Waals surface area contributed by atoms with Crippen molar-refractivity contribution in [3.63, 3.8) is 0 Å². The predicted molar refractivity (Wildman–Crippen MR) is 101 cm³/mol. The van der Waals surface area contributed by atoms with Crippen molar-refractivity contribution in [2.24, 2.45) is 0 Å². The highest BCUT2D eigenvalue weighted by Gasteiger charge is 2.07. The third-order valence-electron chi connectivity index (χ3n) is 3.85. The summed E-state index contributed by atoms with van der Waals surface area (Å²) in [6.07, 6.45) is 22.4. The lowest BCUT2D eigenvalue weighted by Crippen LogP contribution is -2.10. The Balaban J connectivity index is 3.31. The van der Waals surface area contributed by atoms with E-state index in [2.05, 4.69) is 36.0 Å². The first-order valence-electron chi connectivity index (χ1n) is 9.74. The van der Waals surface area contributed by atoms with Crippen LogP contribution in [0.3, 0.4) is 0 Å². The number of rotatable bonds is 15. The number of ether oxygens (including phenoxy) is 1. The third kappa shape index (κ3) is 17.0. The zero-order chi connectivity index (χ0) is 17.9. The average molecular weight is 337 g/mol. The molecule has 0 aromatic heterocycles. The summed E-state index contributed by atoms with van der Waals surface area (Å²) in [6, 6.07) is 0. The molecule has 0 spiro atoms. The highest BCUT2D eigenvalue weighted by Crippen LogP contribution is 2.09. The lowest BCUT2D eigenvalue weighted by atomic mass is 10.1. The van der Waals surface area contributed by atoms with Crippen LogP contribution in [0.25, 0.3) is 0 Å². The quantitative estimate of drug-likeness (QED) is 0.153. The second-order valence-corrected chi connectivity index (χ2v) is 6.18. The van der Waals surface area contributed by atoms with Crippen LogP contribution in [-0.4, -0.2) is 11.9 Å². The molecule has 0 radical (unpaired) electrons. The van der Waals surface area contributed by atoms with E-state index >= 15 is 0 Å². The maximum Gasteiger partial charge on any atom is 0.313 e. The molecule has 0 aliphatic rings. The van der Waals surface area contributed by atoms with Crippen LogP contribution in [0, 0.1) is 0 Å². The minimum absolute atomic E-state index is 0.258. The fraction of sp³-hybridized carbons (Fsp3) is 0.714. The maximum absolute atomic E-state index is 11.3. The van der Waals surface area contributed by atoms with Crippen molar-refractivity contribution in [2.45, 2.75) is 97.3 Å². The van der Waals surface area contributed by atoms with Crippen LogP contribution in [0.2, 0.25) is 0 Å². The summed E-state index contributed by atoms with van der Waals surface area (Å²) < 4.78 is 4.63. The van der Waals surface area contributed by atoms with Gasteiger partial charge in [0, 0.05) is 12.8 Å². The number of allylic oxidation sites excluding steroid dienone is 4. The lowest BCUT2D eigenvalue weighted by molar-refractivity contribution is -0.159. The highest BCUT2D eigenvalue weighted by molar-refractivity contribution is 5.85. The summed E-state index contributed by atoms with van der Waals surface area (Å²) in [7, 11) is 0. The molecule has 0 fully saturated rings. The Morgan fingerprint density at radius 1 is 0.708 bits per heavy atom. The van der Waals surface area contributed by atoms with Crippen molar-refractivity contribution in [3.8, 4) is 0 Å². The van der Waals surface area contributed by atoms with Gasteiger partial charge in [-0.1, -0.05) is 70.3 Å². The third-order valence-corrected chi connectivity index (χ3v) is 3.85. The molecule has 0 aromatic rings. The molecule has 0 bridgehead atoms. The fourth-order valence-electron chi connectivity index (χ4n) is 2.33. The number of carbonyl (C=O) groups is 2. The first kappa shape index (κ1) is 22.6. The zero-order valence-corrected chi connectivity index (χ0v) is 15.7. The Morgan fingerprint density at radius 2 is 1.29 bits per heavy atom. The maximum atomic E-state index is 11.3. The molecular weight excluding hydrogens is 300 g/mol. The predicted octanol–water partition coefficient (Wildman–Crippen LogP) is 6.28. The van der Waals surface area contributed by atoms with Gasteiger partial charge in [0.2, 0.25) is 0 Å². The van der Waals surface area contributed by atoms with Crippen molar-refractivity contribution in [2.75, 3.05) is 0 Å². The molecule has 0 aliphatic carbocycles. The first-order valence-corrected chi connectivity index (χ1v) is 9.74. The molecule has 0 heterocycles. The molecule has 0 amide bonds. The van der Waals surface area contributed by atoms with Crippen LogP contribution in [0.1, 0.15) is 97.3 Å². The number of esters is 2. The van der Waals surface area contributed by atoms with Crippen LogP contribution in [-0.2, 0) is 14.3 Å². The molecule has 0 aromatic carbocycles. The van der Waals surface area contributed by atoms with Crippen LogP contribution in [0.4, 0.5) is 0 Å². The van der Waals surface area contributed by atoms with E-state index in [-0.39, 0.29) is 12.4 Å². The standard InChI is InChI=1S/C21H36O3/c1-3-5-6-7-8-9-10-11-12-13-14-15-16-17-18-19-21(23)24-20(22)4-2/h8-9,11-12H,3-7,10,13-19H2,1-2H3/b9-8-,12-11-. The molecule has 3 heteroatoms. The highest BCUT2D eigenvalue weighted by atomic mass is 16.6. The van der Waals surface area contributed by atoms with E-state index < -0.39 is 5.97 Å². The Bertz CT molecular complexity index is 369. The number of hydrogen-bond acceptors (Lipinski definition) is 3. The molecule has 0 aliphatic heterocycles. The van der Waals surface area contributed by atoms with Crippen LogP contribution in [0.5, 0.6) is 0 Å². The average Bonchev–Trinajstić information content (AvgIpc) is 2.58. The Morgan fingerprint density at radius 3 is 1.92 bits per heavy atom. The monoisotopic (exact) mass is 336 g/mol. The van der Waals surface area contributed by atoms with Gasteiger partial charge < -0.3 is 4.74 Å². The van der Waals surface area contributed by atoms with Gasteiger partial charge in [-0.3, -0.25) is 9.59 Å². The molecule has 0 atom stereocenters. The van der Waals surface area contributed by atoms with Crippen LogP contribution >= 0.6 is 0 Å². The van der Waals surface area contributed by atoms with E-state index in [0.717, 1.165) is 32.1 Å². The van der Waals surface area contributed by atoms with Gasteiger partial charge in [0.25, 0.3) is 0 Å². The van der Waals surface area contributed by atoms with Crippen LogP contribution in [0.15, 0.2) is 24.3 Å². The number of carbonyl (C=O) groups excluding carboxylic acids is 2. The van der Waals surface area contributed by atoms with Gasteiger partial charge in [0.15, 0.2) is 0 Å². The Labute approximate surface area is 148 Å². The van der Waals surface area contributed by atoms with E-state index in [0.29, 0.717) is 6.42 Å². The number of hydrogen-bond donors (Lipinski definition) is 0. The van der Waals surface area contributed by atoms with Crippen LogP contribution < -0.4 is 0 Å². The molecule has 0 N–H and O–H groups in total. The van der Waals surface area contributed by atoms with Crippen molar-refractivity contribution in [1.29, 1.82) is 0 Å². The van der Waals surface area contributed by atoms with Gasteiger partial charge in [0.05, 0.1) is 0 Å². The smallest absolute Gasteiger partial charge is 0.313 e. The molecule has 0 saturated heterocycles. The summed E-state index contributed by atoms with van der Waals surface area (Å²) in [6.45, 7) is 3.92. The first-order chi connectivity index (χ1) is 11.7. The molecule has 3 nitrogen and oxygen atoms in total. The van der Waals surface area contributed by atoms with E-state index in [1.807, 2.05) is 0 Å². The fourth-order valence-corrected chi connectivity index (χ4v) is 2.33. The minimum atomic E-state index is -0.428. The molecule has 24 heavy (non-hydrogen) atoms. The molecule has 0 saturated carbocycles. The molecular formula is C21H36O3. The summed E-state index contributed by atoms with van der Waals surface area (Å²) in [5.74, 6) is -0.810. The van der Waals surface area contributed by atoms with Gasteiger partial charge in [-0.15, -0.1) is 0 Å². The topological polar surface area (TPSA) is 43.4 Å². The number of unbranched alkanes of at least 4 members (excludes halogenated alkanes) is 8. The van der Waals surface area contributed by atoms with E-state index in [1.165, 1.54) is 38.5 Å². The Hall–Kier alpha value is -1.38. The normalized spacial score (nSPS) is 11.4. The van der Waals surface area contributed by atoms with Gasteiger partial charge in [-0.25, -0.2) is 0 Å². The van der Waals surface area contributed by atoms with E-state index in [4.69, 9.17) is 0 Å². The molecule has 0 unspecified atom stereocenters. The zero-order valence-electron chi connectivity index (χ0n) is 15.7.